The number of carbonyl (C=O) groups is 2. The molecule has 0 radical (unpaired) electrons. The maximum absolute atomic E-state index is 13.3. The van der Waals surface area contributed by atoms with Crippen molar-refractivity contribution in [1.29, 1.82) is 0 Å². The molecule has 1 fully saturated rings. The number of amides is 2. The van der Waals surface area contributed by atoms with E-state index in [0.29, 0.717) is 18.0 Å². The molecule has 1 atom stereocenters. The molecule has 0 spiro atoms. The summed E-state index contributed by atoms with van der Waals surface area (Å²) in [6.07, 6.45) is 2.95. The van der Waals surface area contributed by atoms with Crippen molar-refractivity contribution in [3.63, 3.8) is 0 Å². The van der Waals surface area contributed by atoms with Crippen LogP contribution in [-0.2, 0) is 9.59 Å². The molecule has 1 aromatic heterocycles. The van der Waals surface area contributed by atoms with E-state index in [4.69, 9.17) is 9.72 Å². The summed E-state index contributed by atoms with van der Waals surface area (Å²) < 4.78 is 6.63. The molecule has 3 aromatic rings. The topological polar surface area (TPSA) is 62.7 Å². The molecule has 6 nitrogen and oxygen atoms in total. The highest BCUT2D eigenvalue weighted by Gasteiger charge is 2.34. The van der Waals surface area contributed by atoms with Crippen molar-refractivity contribution in [2.24, 2.45) is 0 Å². The summed E-state index contributed by atoms with van der Waals surface area (Å²) in [6, 6.07) is 15.4. The van der Waals surface area contributed by atoms with Crippen molar-refractivity contribution < 1.29 is 14.3 Å². The molecule has 0 bridgehead atoms. The van der Waals surface area contributed by atoms with Gasteiger partial charge in [-0.05, 0) is 43.5 Å². The van der Waals surface area contributed by atoms with E-state index in [2.05, 4.69) is 6.07 Å². The first-order chi connectivity index (χ1) is 14.2. The Labute approximate surface area is 172 Å². The molecule has 148 valence electrons. The Kier molecular flexibility index (Phi) is 4.67. The second-order valence-corrected chi connectivity index (χ2v) is 8.42. The molecule has 5 rings (SSSR count). The lowest BCUT2D eigenvalue weighted by Gasteiger charge is -2.37. The average Bonchev–Trinajstić information content (AvgIpc) is 3.20. The van der Waals surface area contributed by atoms with Gasteiger partial charge in [0, 0.05) is 6.54 Å². The number of hydrogen-bond acceptors (Lipinski definition) is 5. The summed E-state index contributed by atoms with van der Waals surface area (Å²) >= 11 is 1.65. The summed E-state index contributed by atoms with van der Waals surface area (Å²) in [7, 11) is 0. The molecule has 0 aliphatic carbocycles. The predicted octanol–water partition coefficient (Wildman–Crippen LogP) is 3.78. The van der Waals surface area contributed by atoms with Gasteiger partial charge in [-0.1, -0.05) is 24.3 Å². The van der Waals surface area contributed by atoms with Gasteiger partial charge in [0.2, 0.25) is 5.91 Å². The van der Waals surface area contributed by atoms with Crippen LogP contribution in [0.3, 0.4) is 0 Å². The van der Waals surface area contributed by atoms with Crippen molar-refractivity contribution in [2.45, 2.75) is 25.3 Å². The second kappa shape index (κ2) is 7.48. The van der Waals surface area contributed by atoms with Gasteiger partial charge in [-0.3, -0.25) is 14.5 Å². The molecule has 0 unspecified atom stereocenters. The average molecular weight is 407 g/mol. The molecule has 0 N–H and O–H groups in total. The zero-order valence-electron chi connectivity index (χ0n) is 15.9. The van der Waals surface area contributed by atoms with Crippen LogP contribution in [0.4, 0.5) is 5.69 Å². The number of anilines is 1. The van der Waals surface area contributed by atoms with Crippen molar-refractivity contribution in [3.05, 3.63) is 53.5 Å². The van der Waals surface area contributed by atoms with Crippen LogP contribution in [0.25, 0.3) is 10.2 Å². The smallest absolute Gasteiger partial charge is 0.265 e. The summed E-state index contributed by atoms with van der Waals surface area (Å²) in [6.45, 7) is 0.686. The quantitative estimate of drug-likeness (QED) is 0.663. The first-order valence-corrected chi connectivity index (χ1v) is 10.7. The number of thiazole rings is 1. The van der Waals surface area contributed by atoms with Gasteiger partial charge >= 0.3 is 0 Å². The van der Waals surface area contributed by atoms with E-state index in [1.165, 1.54) is 0 Å². The van der Waals surface area contributed by atoms with E-state index < -0.39 is 0 Å². The number of rotatable bonds is 3. The molecular formula is C22H21N3O3S. The lowest BCUT2D eigenvalue weighted by atomic mass is 10.0. The molecule has 1 saturated heterocycles. The number of para-hydroxylation sites is 3. The fourth-order valence-corrected chi connectivity index (χ4v) is 5.19. The first-order valence-electron chi connectivity index (χ1n) is 9.88. The summed E-state index contributed by atoms with van der Waals surface area (Å²) in [4.78, 5) is 34.0. The molecule has 2 aliphatic heterocycles. The number of piperidine rings is 1. The zero-order chi connectivity index (χ0) is 19.8. The minimum Gasteiger partial charge on any atom is -0.482 e. The molecule has 29 heavy (non-hydrogen) atoms. The van der Waals surface area contributed by atoms with Crippen LogP contribution in [0.2, 0.25) is 0 Å². The molecular weight excluding hydrogens is 386 g/mol. The molecule has 0 saturated carbocycles. The normalized spacial score (nSPS) is 19.2. The number of nitrogens with zero attached hydrogens (tertiary/aromatic N) is 3. The van der Waals surface area contributed by atoms with E-state index in [1.54, 1.807) is 16.2 Å². The Hall–Kier alpha value is -2.93. The maximum Gasteiger partial charge on any atom is 0.265 e. The minimum absolute atomic E-state index is 0.0277. The second-order valence-electron chi connectivity index (χ2n) is 7.35. The van der Waals surface area contributed by atoms with Gasteiger partial charge in [0.15, 0.2) is 6.61 Å². The number of aromatic nitrogens is 1. The Morgan fingerprint density at radius 3 is 2.86 bits per heavy atom. The van der Waals surface area contributed by atoms with Crippen LogP contribution in [0, 0.1) is 0 Å². The van der Waals surface area contributed by atoms with Gasteiger partial charge in [0.1, 0.15) is 17.3 Å². The van der Waals surface area contributed by atoms with Crippen LogP contribution >= 0.6 is 11.3 Å². The van der Waals surface area contributed by atoms with Crippen LogP contribution in [0.5, 0.6) is 5.75 Å². The summed E-state index contributed by atoms with van der Waals surface area (Å²) in [5.41, 5.74) is 1.63. The lowest BCUT2D eigenvalue weighted by Crippen LogP contribution is -2.48. The Morgan fingerprint density at radius 2 is 1.97 bits per heavy atom. The van der Waals surface area contributed by atoms with E-state index in [-0.39, 0.29) is 31.0 Å². The maximum atomic E-state index is 13.3. The fourth-order valence-electron chi connectivity index (χ4n) is 4.07. The molecule has 7 heteroatoms. The van der Waals surface area contributed by atoms with Gasteiger partial charge in [-0.2, -0.15) is 0 Å². The lowest BCUT2D eigenvalue weighted by molar-refractivity contribution is -0.135. The van der Waals surface area contributed by atoms with Crippen molar-refractivity contribution in [2.75, 3.05) is 24.6 Å². The highest BCUT2D eigenvalue weighted by atomic mass is 32.1. The van der Waals surface area contributed by atoms with Gasteiger partial charge in [0.05, 0.1) is 21.9 Å². The van der Waals surface area contributed by atoms with Gasteiger partial charge < -0.3 is 9.64 Å². The zero-order valence-corrected chi connectivity index (χ0v) is 16.7. The predicted molar refractivity (Wildman–Crippen MR) is 112 cm³/mol. The van der Waals surface area contributed by atoms with E-state index >= 15 is 0 Å². The number of likely N-dealkylation sites (tertiary alicyclic amines) is 1. The standard InChI is InChI=1S/C22H21N3O3S/c26-20(13-25-16-8-2-3-10-18(16)28-14-21(25)27)24-12-6-5-9-17(24)22-23-15-7-1-4-11-19(15)29-22/h1-4,7-8,10-11,17H,5-6,9,12-14H2/t17-/m0/s1. The van der Waals surface area contributed by atoms with Gasteiger partial charge in [-0.25, -0.2) is 4.98 Å². The molecule has 2 aliphatic rings. The van der Waals surface area contributed by atoms with Crippen LogP contribution in [0.1, 0.15) is 30.3 Å². The monoisotopic (exact) mass is 407 g/mol. The minimum atomic E-state index is -0.189. The fraction of sp³-hybridized carbons (Fsp3) is 0.318. The van der Waals surface area contributed by atoms with Crippen molar-refractivity contribution >= 4 is 39.1 Å². The van der Waals surface area contributed by atoms with E-state index in [9.17, 15) is 9.59 Å². The third kappa shape index (κ3) is 3.35. The van der Waals surface area contributed by atoms with Crippen LogP contribution < -0.4 is 9.64 Å². The largest absolute Gasteiger partial charge is 0.482 e. The van der Waals surface area contributed by atoms with Gasteiger partial charge in [-0.15, -0.1) is 11.3 Å². The van der Waals surface area contributed by atoms with Crippen molar-refractivity contribution in [3.8, 4) is 5.75 Å². The van der Waals surface area contributed by atoms with E-state index in [0.717, 1.165) is 34.5 Å². The highest BCUT2D eigenvalue weighted by Crippen LogP contribution is 2.36. The number of carbonyl (C=O) groups excluding carboxylic acids is 2. The number of hydrogen-bond donors (Lipinski definition) is 0. The SMILES string of the molecule is O=C1COc2ccccc2N1CC(=O)N1CCCC[C@H]1c1nc2ccccc2s1. The molecule has 2 aromatic carbocycles. The third-order valence-electron chi connectivity index (χ3n) is 5.52. The van der Waals surface area contributed by atoms with E-state index in [1.807, 2.05) is 47.4 Å². The number of ether oxygens (including phenoxy) is 1. The Bertz CT molecular complexity index is 1050. The Morgan fingerprint density at radius 1 is 1.14 bits per heavy atom. The van der Waals surface area contributed by atoms with Gasteiger partial charge in [0.25, 0.3) is 5.91 Å². The third-order valence-corrected chi connectivity index (χ3v) is 6.66. The molecule has 2 amide bonds. The first kappa shape index (κ1) is 18.1. The van der Waals surface area contributed by atoms with Crippen LogP contribution in [-0.4, -0.2) is 41.4 Å². The Balaban J connectivity index is 1.41. The number of fused-ring (bicyclic) bond motifs is 2. The number of benzene rings is 2. The molecule has 3 heterocycles. The summed E-state index contributed by atoms with van der Waals surface area (Å²) in [5.74, 6) is 0.408. The van der Waals surface area contributed by atoms with Crippen molar-refractivity contribution in [1.82, 2.24) is 9.88 Å². The highest BCUT2D eigenvalue weighted by molar-refractivity contribution is 7.18. The summed E-state index contributed by atoms with van der Waals surface area (Å²) in [5, 5.41) is 0.980. The van der Waals surface area contributed by atoms with Crippen LogP contribution in [0.15, 0.2) is 48.5 Å².